The van der Waals surface area contributed by atoms with Crippen LogP contribution in [0.5, 0.6) is 0 Å². The molecule has 0 spiro atoms. The Morgan fingerprint density at radius 3 is 2.73 bits per heavy atom. The van der Waals surface area contributed by atoms with Gasteiger partial charge >= 0.3 is 5.16 Å². The second-order valence-corrected chi connectivity index (χ2v) is 6.24. The standard InChI is InChI=1S/C6H9ClN2O4S2/c1-15(12,13)8-3-2-4-14-6(8)5(7)9(10)11/h2-4H2,1H3/b6-5-. The summed E-state index contributed by atoms with van der Waals surface area (Å²) in [6, 6.07) is 0. The van der Waals surface area contributed by atoms with E-state index in [-0.39, 0.29) is 11.6 Å². The molecule has 0 aromatic heterocycles. The highest BCUT2D eigenvalue weighted by atomic mass is 35.5. The molecule has 0 radical (unpaired) electrons. The summed E-state index contributed by atoms with van der Waals surface area (Å²) in [6.07, 6.45) is 1.66. The first-order valence-electron chi connectivity index (χ1n) is 3.98. The highest BCUT2D eigenvalue weighted by Gasteiger charge is 2.30. The number of halogens is 1. The fourth-order valence-electron chi connectivity index (χ4n) is 1.11. The molecule has 15 heavy (non-hydrogen) atoms. The molecule has 1 rings (SSSR count). The summed E-state index contributed by atoms with van der Waals surface area (Å²) >= 11 is 6.54. The zero-order valence-corrected chi connectivity index (χ0v) is 10.2. The number of hydrogen-bond donors (Lipinski definition) is 0. The van der Waals surface area contributed by atoms with Crippen molar-refractivity contribution in [1.29, 1.82) is 0 Å². The number of rotatable bonds is 2. The van der Waals surface area contributed by atoms with Gasteiger partial charge in [-0.1, -0.05) is 11.8 Å². The van der Waals surface area contributed by atoms with E-state index >= 15 is 0 Å². The predicted molar refractivity (Wildman–Crippen MR) is 58.5 cm³/mol. The maximum Gasteiger partial charge on any atom is 0.368 e. The maximum absolute atomic E-state index is 11.3. The van der Waals surface area contributed by atoms with Crippen molar-refractivity contribution in [3.8, 4) is 0 Å². The minimum atomic E-state index is -3.49. The van der Waals surface area contributed by atoms with Gasteiger partial charge in [0.2, 0.25) is 10.0 Å². The first kappa shape index (κ1) is 12.6. The molecule has 0 aliphatic carbocycles. The average Bonchev–Trinajstić information content (AvgIpc) is 2.15. The summed E-state index contributed by atoms with van der Waals surface area (Å²) in [7, 11) is -3.49. The SMILES string of the molecule is CS(=O)(=O)N1CCCS/C1=C(/Cl)[N+](=O)[O-]. The molecule has 1 aliphatic rings. The summed E-state index contributed by atoms with van der Waals surface area (Å²) in [5, 5.41) is 9.83. The molecule has 0 bridgehead atoms. The van der Waals surface area contributed by atoms with Gasteiger partial charge in [-0.25, -0.2) is 8.42 Å². The maximum atomic E-state index is 11.3. The quantitative estimate of drug-likeness (QED) is 0.426. The normalized spacial score (nSPS) is 21.3. The van der Waals surface area contributed by atoms with Gasteiger partial charge in [-0.3, -0.25) is 14.4 Å². The molecule has 1 fully saturated rings. The lowest BCUT2D eigenvalue weighted by Gasteiger charge is -2.27. The fraction of sp³-hybridized carbons (Fsp3) is 0.667. The van der Waals surface area contributed by atoms with Crippen molar-refractivity contribution in [3.63, 3.8) is 0 Å². The van der Waals surface area contributed by atoms with E-state index in [1.54, 1.807) is 0 Å². The molecule has 0 saturated carbocycles. The lowest BCUT2D eigenvalue weighted by Crippen LogP contribution is -2.33. The Balaban J connectivity index is 3.14. The van der Waals surface area contributed by atoms with Crippen molar-refractivity contribution < 1.29 is 13.3 Å². The van der Waals surface area contributed by atoms with E-state index in [0.717, 1.165) is 22.3 Å². The van der Waals surface area contributed by atoms with Crippen LogP contribution < -0.4 is 0 Å². The molecule has 1 saturated heterocycles. The Morgan fingerprint density at radius 1 is 1.67 bits per heavy atom. The minimum Gasteiger partial charge on any atom is -0.257 e. The van der Waals surface area contributed by atoms with Crippen LogP contribution in [0.2, 0.25) is 0 Å². The van der Waals surface area contributed by atoms with Gasteiger partial charge < -0.3 is 0 Å². The highest BCUT2D eigenvalue weighted by Crippen LogP contribution is 2.33. The topological polar surface area (TPSA) is 80.5 Å². The molecule has 1 heterocycles. The average molecular weight is 273 g/mol. The Kier molecular flexibility index (Phi) is 3.85. The molecule has 86 valence electrons. The van der Waals surface area contributed by atoms with Gasteiger partial charge in [0.25, 0.3) is 0 Å². The summed E-state index contributed by atoms with van der Waals surface area (Å²) < 4.78 is 23.6. The van der Waals surface area contributed by atoms with E-state index in [1.807, 2.05) is 0 Å². The van der Waals surface area contributed by atoms with E-state index in [1.165, 1.54) is 0 Å². The van der Waals surface area contributed by atoms with Crippen molar-refractivity contribution in [2.24, 2.45) is 0 Å². The monoisotopic (exact) mass is 272 g/mol. The van der Waals surface area contributed by atoms with Gasteiger partial charge in [0, 0.05) is 12.3 Å². The van der Waals surface area contributed by atoms with Crippen LogP contribution in [-0.4, -0.2) is 36.2 Å². The molecular formula is C6H9ClN2O4S2. The van der Waals surface area contributed by atoms with Crippen LogP contribution in [0.25, 0.3) is 0 Å². The predicted octanol–water partition coefficient (Wildman–Crippen LogP) is 1.03. The summed E-state index contributed by atoms with van der Waals surface area (Å²) in [5.41, 5.74) is 0. The van der Waals surface area contributed by atoms with Crippen LogP contribution in [0.3, 0.4) is 0 Å². The molecule has 0 atom stereocenters. The van der Waals surface area contributed by atoms with Gasteiger partial charge in [-0.15, -0.1) is 0 Å². The van der Waals surface area contributed by atoms with Crippen molar-refractivity contribution in [3.05, 3.63) is 20.3 Å². The molecule has 0 N–H and O–H groups in total. The number of hydrogen-bond acceptors (Lipinski definition) is 5. The van der Waals surface area contributed by atoms with Gasteiger partial charge in [0.15, 0.2) is 5.03 Å². The van der Waals surface area contributed by atoms with Gasteiger partial charge in [0.05, 0.1) is 11.2 Å². The minimum absolute atomic E-state index is 0.00965. The van der Waals surface area contributed by atoms with Gasteiger partial charge in [0.1, 0.15) is 0 Å². The van der Waals surface area contributed by atoms with E-state index in [2.05, 4.69) is 0 Å². The molecular weight excluding hydrogens is 264 g/mol. The Labute approximate surface area is 96.5 Å². The lowest BCUT2D eigenvalue weighted by atomic mass is 10.5. The summed E-state index contributed by atoms with van der Waals surface area (Å²) in [4.78, 5) is 9.67. The van der Waals surface area contributed by atoms with E-state index in [9.17, 15) is 18.5 Å². The van der Waals surface area contributed by atoms with Gasteiger partial charge in [-0.2, -0.15) is 0 Å². The fourth-order valence-corrected chi connectivity index (χ4v) is 3.73. The molecule has 9 heteroatoms. The van der Waals surface area contributed by atoms with Crippen LogP contribution >= 0.6 is 23.4 Å². The molecule has 0 unspecified atom stereocenters. The lowest BCUT2D eigenvalue weighted by molar-refractivity contribution is -0.413. The summed E-state index contributed by atoms with van der Waals surface area (Å²) in [5.74, 6) is 0.630. The zero-order chi connectivity index (χ0) is 11.6. The highest BCUT2D eigenvalue weighted by molar-refractivity contribution is 8.04. The molecule has 0 aromatic carbocycles. The molecule has 6 nitrogen and oxygen atoms in total. The van der Waals surface area contributed by atoms with Crippen molar-refractivity contribution in [1.82, 2.24) is 4.31 Å². The van der Waals surface area contributed by atoms with Crippen LogP contribution in [-0.2, 0) is 10.0 Å². The van der Waals surface area contributed by atoms with Crippen LogP contribution in [0.1, 0.15) is 6.42 Å². The second-order valence-electron chi connectivity index (χ2n) is 2.89. The summed E-state index contributed by atoms with van der Waals surface area (Å²) in [6.45, 7) is 0.241. The third-order valence-electron chi connectivity index (χ3n) is 1.71. The first-order valence-corrected chi connectivity index (χ1v) is 7.20. The number of thioether (sulfide) groups is 1. The van der Waals surface area contributed by atoms with E-state index in [0.29, 0.717) is 12.2 Å². The zero-order valence-electron chi connectivity index (χ0n) is 7.84. The smallest absolute Gasteiger partial charge is 0.257 e. The Bertz CT molecular complexity index is 405. The van der Waals surface area contributed by atoms with Crippen LogP contribution in [0.4, 0.5) is 0 Å². The Morgan fingerprint density at radius 2 is 2.27 bits per heavy atom. The third-order valence-corrected chi connectivity index (χ3v) is 4.60. The molecule has 0 amide bonds. The van der Waals surface area contributed by atoms with Crippen LogP contribution in [0, 0.1) is 10.1 Å². The molecule has 0 aromatic rings. The molecule has 1 aliphatic heterocycles. The number of nitrogens with zero attached hydrogens (tertiary/aromatic N) is 2. The first-order chi connectivity index (χ1) is 6.84. The van der Waals surface area contributed by atoms with Crippen molar-refractivity contribution in [2.75, 3.05) is 18.6 Å². The van der Waals surface area contributed by atoms with E-state index in [4.69, 9.17) is 11.6 Å². The van der Waals surface area contributed by atoms with Crippen LogP contribution in [0.15, 0.2) is 10.2 Å². The van der Waals surface area contributed by atoms with Gasteiger partial charge in [-0.05, 0) is 18.0 Å². The number of nitro groups is 1. The largest absolute Gasteiger partial charge is 0.368 e. The number of sulfonamides is 1. The second kappa shape index (κ2) is 4.58. The third kappa shape index (κ3) is 2.99. The Hall–Kier alpha value is -0.470. The van der Waals surface area contributed by atoms with Crippen molar-refractivity contribution in [2.45, 2.75) is 6.42 Å². The van der Waals surface area contributed by atoms with E-state index < -0.39 is 20.1 Å². The van der Waals surface area contributed by atoms with Crippen molar-refractivity contribution >= 4 is 33.4 Å².